The minimum absolute atomic E-state index is 0.0924. The number of likely N-dealkylation sites (N-methyl/N-ethyl adjacent to an activating group) is 1. The quantitative estimate of drug-likeness (QED) is 0.379. The Morgan fingerprint density at radius 2 is 2.00 bits per heavy atom. The lowest BCUT2D eigenvalue weighted by atomic mass is 10.1. The van der Waals surface area contributed by atoms with Crippen molar-refractivity contribution in [3.8, 4) is 0 Å². The van der Waals surface area contributed by atoms with E-state index in [0.29, 0.717) is 25.3 Å². The molecule has 0 bridgehead atoms. The molecule has 1 aromatic rings. The highest BCUT2D eigenvalue weighted by Gasteiger charge is 2.16. The van der Waals surface area contributed by atoms with Gasteiger partial charge in [-0.1, -0.05) is 6.92 Å². The van der Waals surface area contributed by atoms with E-state index in [9.17, 15) is 14.9 Å². The second-order valence-corrected chi connectivity index (χ2v) is 4.13. The van der Waals surface area contributed by atoms with E-state index in [-0.39, 0.29) is 17.2 Å². The molecule has 1 amide bonds. The number of nitro benzene ring substituents is 1. The molecule has 0 radical (unpaired) electrons. The average molecular weight is 280 g/mol. The summed E-state index contributed by atoms with van der Waals surface area (Å²) in [4.78, 5) is 22.2. The molecule has 0 spiro atoms. The van der Waals surface area contributed by atoms with E-state index in [1.807, 2.05) is 6.92 Å². The molecule has 0 saturated heterocycles. The molecule has 0 fully saturated rings. The largest absolute Gasteiger partial charge is 0.378 e. The van der Waals surface area contributed by atoms with E-state index in [4.69, 9.17) is 0 Å². The van der Waals surface area contributed by atoms with Crippen molar-refractivity contribution in [3.63, 3.8) is 0 Å². The number of nitro groups is 1. The zero-order chi connectivity index (χ0) is 15.0. The third kappa shape index (κ3) is 4.51. The van der Waals surface area contributed by atoms with Crippen molar-refractivity contribution in [1.82, 2.24) is 10.6 Å². The van der Waals surface area contributed by atoms with E-state index >= 15 is 0 Å². The van der Waals surface area contributed by atoms with Gasteiger partial charge in [0.2, 0.25) is 0 Å². The summed E-state index contributed by atoms with van der Waals surface area (Å²) in [6, 6.07) is 4.43. The lowest BCUT2D eigenvalue weighted by Gasteiger charge is -2.09. The minimum Gasteiger partial charge on any atom is -0.378 e. The number of amides is 1. The molecule has 1 aromatic carbocycles. The van der Waals surface area contributed by atoms with Crippen LogP contribution in [0.1, 0.15) is 24.2 Å². The number of hydrogen-bond acceptors (Lipinski definition) is 5. The van der Waals surface area contributed by atoms with Gasteiger partial charge in [0.1, 0.15) is 5.69 Å². The summed E-state index contributed by atoms with van der Waals surface area (Å²) in [6.07, 6.45) is 0. The maximum Gasteiger partial charge on any atom is 0.293 e. The Bertz CT molecular complexity index is 477. The van der Waals surface area contributed by atoms with Gasteiger partial charge in [-0.25, -0.2) is 0 Å². The van der Waals surface area contributed by atoms with Crippen molar-refractivity contribution >= 4 is 17.3 Å². The number of nitrogens with one attached hydrogen (secondary N) is 3. The fraction of sp³-hybridized carbons (Fsp3) is 0.462. The minimum atomic E-state index is -0.488. The monoisotopic (exact) mass is 280 g/mol. The molecule has 1 rings (SSSR count). The Kier molecular flexibility index (Phi) is 6.45. The predicted molar refractivity (Wildman–Crippen MR) is 78.1 cm³/mol. The van der Waals surface area contributed by atoms with Crippen LogP contribution in [0.5, 0.6) is 0 Å². The van der Waals surface area contributed by atoms with Crippen molar-refractivity contribution in [2.75, 3.05) is 31.5 Å². The van der Waals surface area contributed by atoms with Gasteiger partial charge in [-0.3, -0.25) is 14.9 Å². The normalized spacial score (nSPS) is 10.1. The van der Waals surface area contributed by atoms with Gasteiger partial charge in [-0.15, -0.1) is 0 Å². The summed E-state index contributed by atoms with van der Waals surface area (Å²) in [5.74, 6) is -0.310. The highest BCUT2D eigenvalue weighted by molar-refractivity contribution is 5.95. The topological polar surface area (TPSA) is 96.3 Å². The molecular formula is C13H20N4O3. The summed E-state index contributed by atoms with van der Waals surface area (Å²) < 4.78 is 0. The van der Waals surface area contributed by atoms with Crippen molar-refractivity contribution < 1.29 is 9.72 Å². The maximum absolute atomic E-state index is 11.7. The van der Waals surface area contributed by atoms with E-state index in [0.717, 1.165) is 6.54 Å². The fourth-order valence-electron chi connectivity index (χ4n) is 1.70. The van der Waals surface area contributed by atoms with Crippen molar-refractivity contribution in [2.45, 2.75) is 13.8 Å². The van der Waals surface area contributed by atoms with Gasteiger partial charge in [-0.2, -0.15) is 0 Å². The van der Waals surface area contributed by atoms with E-state index < -0.39 is 4.92 Å². The molecule has 110 valence electrons. The molecule has 7 nitrogen and oxygen atoms in total. The van der Waals surface area contributed by atoms with Crippen LogP contribution >= 0.6 is 0 Å². The SMILES string of the molecule is CCNCCNc1ccc(C(=O)NCC)cc1[N+](=O)[O-]. The molecule has 3 N–H and O–H groups in total. The lowest BCUT2D eigenvalue weighted by Crippen LogP contribution is -2.23. The molecule has 0 unspecified atom stereocenters. The number of carbonyl (C=O) groups is 1. The number of nitrogens with zero attached hydrogens (tertiary/aromatic N) is 1. The van der Waals surface area contributed by atoms with E-state index in [2.05, 4.69) is 16.0 Å². The standard InChI is InChI=1S/C13H20N4O3/c1-3-14-7-8-16-11-6-5-10(13(18)15-4-2)9-12(11)17(19)20/h5-6,9,14,16H,3-4,7-8H2,1-2H3,(H,15,18). The van der Waals surface area contributed by atoms with E-state index in [1.54, 1.807) is 19.1 Å². The highest BCUT2D eigenvalue weighted by atomic mass is 16.6. The van der Waals surface area contributed by atoms with Gasteiger partial charge in [-0.05, 0) is 25.6 Å². The van der Waals surface area contributed by atoms with Gasteiger partial charge in [0, 0.05) is 31.3 Å². The molecule has 0 saturated carbocycles. The number of carbonyl (C=O) groups excluding carboxylic acids is 1. The molecule has 0 aromatic heterocycles. The molecule has 20 heavy (non-hydrogen) atoms. The van der Waals surface area contributed by atoms with Gasteiger partial charge in [0.05, 0.1) is 4.92 Å². The van der Waals surface area contributed by atoms with Crippen molar-refractivity contribution in [3.05, 3.63) is 33.9 Å². The van der Waals surface area contributed by atoms with Crippen LogP contribution in [0, 0.1) is 10.1 Å². The van der Waals surface area contributed by atoms with Crippen molar-refractivity contribution in [2.24, 2.45) is 0 Å². The molecule has 0 atom stereocenters. The van der Waals surface area contributed by atoms with Crippen LogP contribution in [0.2, 0.25) is 0 Å². The van der Waals surface area contributed by atoms with Gasteiger partial charge in [0.25, 0.3) is 11.6 Å². The summed E-state index contributed by atoms with van der Waals surface area (Å²) in [5.41, 5.74) is 0.613. The molecule has 0 aliphatic heterocycles. The highest BCUT2D eigenvalue weighted by Crippen LogP contribution is 2.25. The van der Waals surface area contributed by atoms with Crippen LogP contribution in [0.15, 0.2) is 18.2 Å². The predicted octanol–water partition coefficient (Wildman–Crippen LogP) is 1.37. The van der Waals surface area contributed by atoms with Crippen LogP contribution in [0.4, 0.5) is 11.4 Å². The third-order valence-corrected chi connectivity index (χ3v) is 2.66. The molecule has 0 aliphatic rings. The summed E-state index contributed by atoms with van der Waals surface area (Å²) in [7, 11) is 0. The first-order valence-corrected chi connectivity index (χ1v) is 6.61. The summed E-state index contributed by atoms with van der Waals surface area (Å²) in [5, 5.41) is 19.8. The number of benzene rings is 1. The summed E-state index contributed by atoms with van der Waals surface area (Å²) >= 11 is 0. The summed E-state index contributed by atoms with van der Waals surface area (Å²) in [6.45, 7) is 6.41. The smallest absolute Gasteiger partial charge is 0.293 e. The van der Waals surface area contributed by atoms with E-state index in [1.165, 1.54) is 6.07 Å². The average Bonchev–Trinajstić information content (AvgIpc) is 2.43. The van der Waals surface area contributed by atoms with Gasteiger partial charge >= 0.3 is 0 Å². The molecule has 0 heterocycles. The maximum atomic E-state index is 11.7. The van der Waals surface area contributed by atoms with Crippen LogP contribution < -0.4 is 16.0 Å². The Balaban J connectivity index is 2.85. The molecular weight excluding hydrogens is 260 g/mol. The molecule has 7 heteroatoms. The Labute approximate surface area is 117 Å². The second-order valence-electron chi connectivity index (χ2n) is 4.13. The zero-order valence-corrected chi connectivity index (χ0v) is 11.7. The molecule has 0 aliphatic carbocycles. The lowest BCUT2D eigenvalue weighted by molar-refractivity contribution is -0.384. The Hall–Kier alpha value is -2.15. The number of anilines is 1. The Morgan fingerprint density at radius 1 is 1.25 bits per heavy atom. The van der Waals surface area contributed by atoms with Gasteiger partial charge in [0.15, 0.2) is 0 Å². The first kappa shape index (κ1) is 15.9. The zero-order valence-electron chi connectivity index (χ0n) is 11.7. The number of hydrogen-bond donors (Lipinski definition) is 3. The van der Waals surface area contributed by atoms with Crippen LogP contribution in [0.3, 0.4) is 0 Å². The first-order chi connectivity index (χ1) is 9.60. The van der Waals surface area contributed by atoms with Crippen LogP contribution in [-0.4, -0.2) is 37.0 Å². The third-order valence-electron chi connectivity index (χ3n) is 2.66. The second kappa shape index (κ2) is 8.11. The van der Waals surface area contributed by atoms with Crippen molar-refractivity contribution in [1.29, 1.82) is 0 Å². The number of rotatable bonds is 8. The Morgan fingerprint density at radius 3 is 2.60 bits per heavy atom. The van der Waals surface area contributed by atoms with Crippen LogP contribution in [0.25, 0.3) is 0 Å². The first-order valence-electron chi connectivity index (χ1n) is 6.61. The van der Waals surface area contributed by atoms with Gasteiger partial charge < -0.3 is 16.0 Å². The van der Waals surface area contributed by atoms with Crippen LogP contribution in [-0.2, 0) is 0 Å². The fourth-order valence-corrected chi connectivity index (χ4v) is 1.70.